The molecule has 3 nitrogen and oxygen atoms in total. The van der Waals surface area contributed by atoms with Gasteiger partial charge < -0.3 is 4.74 Å². The maximum Gasteiger partial charge on any atom is 0.205 e. The number of nitrogens with one attached hydrogen (secondary N) is 1. The molecule has 1 aliphatic rings. The standard InChI is InChI=1S/C28H23BrNO2PS/c1-19-12-14-20(15-13-19)27(31)28-26(24-18-21(29)16-17-25(24)32-28)30-33(34,22-8-4-2-5-9-22)23-10-6-3-7-11-23/h2-18,26,28H,1H3,(H,30,34)/t26-,28-/m1/s1. The van der Waals surface area contributed by atoms with Crippen LogP contribution in [0.1, 0.15) is 27.5 Å². The van der Waals surface area contributed by atoms with Gasteiger partial charge in [-0.2, -0.15) is 0 Å². The van der Waals surface area contributed by atoms with Crippen molar-refractivity contribution in [2.45, 2.75) is 19.1 Å². The molecule has 1 N–H and O–H groups in total. The fraction of sp³-hybridized carbons (Fsp3) is 0.107. The molecule has 0 saturated carbocycles. The van der Waals surface area contributed by atoms with Crippen molar-refractivity contribution in [3.63, 3.8) is 0 Å². The van der Waals surface area contributed by atoms with Crippen molar-refractivity contribution >= 4 is 50.3 Å². The number of carbonyl (C=O) groups is 1. The van der Waals surface area contributed by atoms with E-state index >= 15 is 0 Å². The van der Waals surface area contributed by atoms with Crippen LogP contribution >= 0.6 is 22.1 Å². The molecule has 0 unspecified atom stereocenters. The average Bonchev–Trinajstić information content (AvgIpc) is 3.22. The highest BCUT2D eigenvalue weighted by molar-refractivity contribution is 9.10. The van der Waals surface area contributed by atoms with Crippen molar-refractivity contribution in [3.05, 3.63) is 124 Å². The summed E-state index contributed by atoms with van der Waals surface area (Å²) in [4.78, 5) is 13.7. The first kappa shape index (κ1) is 23.2. The van der Waals surface area contributed by atoms with Crippen LogP contribution in [-0.2, 0) is 11.8 Å². The van der Waals surface area contributed by atoms with E-state index in [4.69, 9.17) is 16.5 Å². The van der Waals surface area contributed by atoms with Crippen molar-refractivity contribution in [2.24, 2.45) is 0 Å². The molecule has 2 atom stereocenters. The number of ketones is 1. The van der Waals surface area contributed by atoms with Gasteiger partial charge in [0.2, 0.25) is 5.78 Å². The van der Waals surface area contributed by atoms with E-state index in [0.717, 1.165) is 26.2 Å². The van der Waals surface area contributed by atoms with Gasteiger partial charge in [0, 0.05) is 26.2 Å². The molecule has 0 aromatic heterocycles. The highest BCUT2D eigenvalue weighted by Crippen LogP contribution is 2.48. The molecule has 0 radical (unpaired) electrons. The first-order valence-electron chi connectivity index (χ1n) is 11.0. The fourth-order valence-electron chi connectivity index (χ4n) is 4.23. The first-order chi connectivity index (χ1) is 16.5. The Labute approximate surface area is 213 Å². The van der Waals surface area contributed by atoms with E-state index in [2.05, 4.69) is 45.3 Å². The lowest BCUT2D eigenvalue weighted by Gasteiger charge is -2.30. The molecule has 170 valence electrons. The molecule has 5 rings (SSSR count). The number of rotatable bonds is 6. The van der Waals surface area contributed by atoms with Crippen LogP contribution in [0.3, 0.4) is 0 Å². The van der Waals surface area contributed by atoms with Crippen LogP contribution in [0.25, 0.3) is 0 Å². The van der Waals surface area contributed by atoms with Crippen LogP contribution in [0, 0.1) is 6.92 Å². The summed E-state index contributed by atoms with van der Waals surface area (Å²) in [7, 11) is 0. The number of ether oxygens (including phenoxy) is 1. The average molecular weight is 548 g/mol. The molecule has 34 heavy (non-hydrogen) atoms. The summed E-state index contributed by atoms with van der Waals surface area (Å²) in [5, 5.41) is 5.87. The molecule has 4 aromatic carbocycles. The Morgan fingerprint density at radius 1 is 0.882 bits per heavy atom. The van der Waals surface area contributed by atoms with E-state index < -0.39 is 18.3 Å². The second-order valence-corrected chi connectivity index (χ2v) is 13.4. The fourth-order valence-corrected chi connectivity index (χ4v) is 8.13. The molecule has 0 spiro atoms. The third-order valence-electron chi connectivity index (χ3n) is 6.02. The molecule has 0 bridgehead atoms. The molecule has 0 amide bonds. The Hall–Kier alpha value is -2.56. The van der Waals surface area contributed by atoms with Crippen molar-refractivity contribution in [1.82, 2.24) is 5.09 Å². The first-order valence-corrected chi connectivity index (χ1v) is 14.6. The van der Waals surface area contributed by atoms with Crippen molar-refractivity contribution < 1.29 is 9.53 Å². The number of Topliss-reactive ketones (excluding diaryl/α,β-unsaturated/α-hetero) is 1. The van der Waals surface area contributed by atoms with E-state index in [1.165, 1.54) is 0 Å². The van der Waals surface area contributed by atoms with Crippen molar-refractivity contribution in [2.75, 3.05) is 0 Å². The highest BCUT2D eigenvalue weighted by Gasteiger charge is 2.42. The zero-order chi connectivity index (χ0) is 23.7. The quantitative estimate of drug-likeness (QED) is 0.234. The molecule has 1 heterocycles. The van der Waals surface area contributed by atoms with Crippen LogP contribution < -0.4 is 20.4 Å². The van der Waals surface area contributed by atoms with Crippen LogP contribution in [0.15, 0.2) is 108 Å². The largest absolute Gasteiger partial charge is 0.480 e. The zero-order valence-electron chi connectivity index (χ0n) is 18.5. The van der Waals surface area contributed by atoms with Gasteiger partial charge in [-0.25, -0.2) is 0 Å². The molecule has 0 fully saturated rings. The van der Waals surface area contributed by atoms with Crippen LogP contribution in [-0.4, -0.2) is 11.9 Å². The number of halogens is 1. The predicted octanol–water partition coefficient (Wildman–Crippen LogP) is 6.08. The third kappa shape index (κ3) is 4.42. The third-order valence-corrected chi connectivity index (χ3v) is 10.8. The van der Waals surface area contributed by atoms with Crippen LogP contribution in [0.5, 0.6) is 5.75 Å². The Balaban J connectivity index is 1.62. The summed E-state index contributed by atoms with van der Waals surface area (Å²) in [6, 6.07) is 33.3. The van der Waals surface area contributed by atoms with E-state index in [1.54, 1.807) is 0 Å². The normalized spacial score (nSPS) is 17.1. The molecule has 1 aliphatic heterocycles. The molecule has 0 saturated heterocycles. The summed E-state index contributed by atoms with van der Waals surface area (Å²) in [6.07, 6.45) is -3.21. The zero-order valence-corrected chi connectivity index (χ0v) is 21.8. The number of hydrogen-bond acceptors (Lipinski definition) is 3. The molecule has 6 heteroatoms. The Morgan fingerprint density at radius 2 is 1.47 bits per heavy atom. The summed E-state index contributed by atoms with van der Waals surface area (Å²) in [5.74, 6) is 0.640. The van der Waals surface area contributed by atoms with Crippen LogP contribution in [0.4, 0.5) is 0 Å². The van der Waals surface area contributed by atoms with Gasteiger partial charge >= 0.3 is 0 Å². The summed E-state index contributed by atoms with van der Waals surface area (Å²) >= 11 is 10.0. The second-order valence-electron chi connectivity index (χ2n) is 8.34. The molecule has 4 aromatic rings. The number of benzene rings is 4. The van der Waals surface area contributed by atoms with Gasteiger partial charge in [0.05, 0.1) is 12.2 Å². The smallest absolute Gasteiger partial charge is 0.205 e. The van der Waals surface area contributed by atoms with Gasteiger partial charge in [-0.15, -0.1) is 0 Å². The molecule has 0 aliphatic carbocycles. The maximum atomic E-state index is 13.7. The Bertz CT molecular complexity index is 1330. The minimum Gasteiger partial charge on any atom is -0.480 e. The van der Waals surface area contributed by atoms with Crippen LogP contribution in [0.2, 0.25) is 0 Å². The maximum absolute atomic E-state index is 13.7. The molecular weight excluding hydrogens is 525 g/mol. The second kappa shape index (κ2) is 9.59. The minimum atomic E-state index is -2.48. The van der Waals surface area contributed by atoms with Gasteiger partial charge in [-0.1, -0.05) is 118 Å². The number of fused-ring (bicyclic) bond motifs is 1. The van der Waals surface area contributed by atoms with Gasteiger partial charge in [-0.3, -0.25) is 9.88 Å². The number of carbonyl (C=O) groups excluding carboxylic acids is 1. The van der Waals surface area contributed by atoms with E-state index in [9.17, 15) is 4.79 Å². The topological polar surface area (TPSA) is 38.3 Å². The van der Waals surface area contributed by atoms with Gasteiger partial charge in [0.1, 0.15) is 5.75 Å². The van der Waals surface area contributed by atoms with E-state index in [1.807, 2.05) is 85.8 Å². The summed E-state index contributed by atoms with van der Waals surface area (Å²) < 4.78 is 7.21. The van der Waals surface area contributed by atoms with Gasteiger partial charge in [0.15, 0.2) is 6.10 Å². The summed E-state index contributed by atoms with van der Waals surface area (Å²) in [5.41, 5.74) is 2.66. The van der Waals surface area contributed by atoms with Gasteiger partial charge in [-0.05, 0) is 25.1 Å². The number of hydrogen-bond donors (Lipinski definition) is 1. The lowest BCUT2D eigenvalue weighted by Crippen LogP contribution is -2.39. The molecular formula is C28H23BrNO2PS. The summed E-state index contributed by atoms with van der Waals surface area (Å²) in [6.45, 7) is 2.01. The monoisotopic (exact) mass is 547 g/mol. The van der Waals surface area contributed by atoms with Gasteiger partial charge in [0.25, 0.3) is 0 Å². The lowest BCUT2D eigenvalue weighted by atomic mass is 9.97. The van der Waals surface area contributed by atoms with E-state index in [-0.39, 0.29) is 5.78 Å². The lowest BCUT2D eigenvalue weighted by molar-refractivity contribution is 0.0787. The van der Waals surface area contributed by atoms with E-state index in [0.29, 0.717) is 11.3 Å². The Morgan fingerprint density at radius 3 is 2.06 bits per heavy atom. The SMILES string of the molecule is Cc1ccc(C(=O)[C@@H]2Oc3ccc(Br)cc3[C@H]2NP(=S)(c2ccccc2)c2ccccc2)cc1. The van der Waals surface area contributed by atoms with Crippen molar-refractivity contribution in [1.29, 1.82) is 0 Å². The van der Waals surface area contributed by atoms with Crippen molar-refractivity contribution in [3.8, 4) is 5.75 Å². The Kier molecular flexibility index (Phi) is 6.54. The minimum absolute atomic E-state index is 0.0625. The predicted molar refractivity (Wildman–Crippen MR) is 146 cm³/mol. The highest BCUT2D eigenvalue weighted by atomic mass is 79.9. The number of aryl methyl sites for hydroxylation is 1.